The summed E-state index contributed by atoms with van der Waals surface area (Å²) in [6.45, 7) is 4.07. The van der Waals surface area contributed by atoms with Gasteiger partial charge in [0.05, 0.1) is 5.92 Å². The Morgan fingerprint density at radius 2 is 2.29 bits per heavy atom. The normalized spacial score (nSPS) is 46.1. The maximum absolute atomic E-state index is 11.6. The Bertz CT molecular complexity index is 378. The number of carbonyl (C=O) groups excluding carboxylic acids is 2. The van der Waals surface area contributed by atoms with Crippen LogP contribution in [0.25, 0.3) is 0 Å². The lowest BCUT2D eigenvalue weighted by Crippen LogP contribution is -2.41. The van der Waals surface area contributed by atoms with Gasteiger partial charge < -0.3 is 9.47 Å². The first-order valence-electron chi connectivity index (χ1n) is 6.45. The summed E-state index contributed by atoms with van der Waals surface area (Å²) in [5, 5.41) is 0. The van der Waals surface area contributed by atoms with E-state index in [2.05, 4.69) is 6.92 Å². The highest BCUT2D eigenvalue weighted by Gasteiger charge is 2.68. The fraction of sp³-hybridized carbons (Fsp3) is 0.846. The molecule has 1 saturated heterocycles. The molecule has 0 radical (unpaired) electrons. The van der Waals surface area contributed by atoms with Crippen molar-refractivity contribution in [2.75, 3.05) is 0 Å². The lowest BCUT2D eigenvalue weighted by Gasteiger charge is -2.32. The molecule has 17 heavy (non-hydrogen) atoms. The highest BCUT2D eigenvalue weighted by molar-refractivity contribution is 5.77. The molecule has 3 fully saturated rings. The van der Waals surface area contributed by atoms with E-state index >= 15 is 0 Å². The first kappa shape index (κ1) is 11.1. The molecule has 2 bridgehead atoms. The van der Waals surface area contributed by atoms with Crippen LogP contribution in [-0.4, -0.2) is 24.1 Å². The molecule has 94 valence electrons. The fourth-order valence-electron chi connectivity index (χ4n) is 3.86. The second-order valence-electron chi connectivity index (χ2n) is 5.89. The van der Waals surface area contributed by atoms with Crippen LogP contribution >= 0.6 is 0 Å². The van der Waals surface area contributed by atoms with Gasteiger partial charge in [-0.05, 0) is 19.3 Å². The minimum Gasteiger partial charge on any atom is -0.458 e. The van der Waals surface area contributed by atoms with E-state index in [1.54, 1.807) is 0 Å². The molecule has 1 heterocycles. The van der Waals surface area contributed by atoms with Crippen molar-refractivity contribution in [1.82, 2.24) is 0 Å². The molecule has 2 saturated carbocycles. The molecular formula is C13H18O4. The Hall–Kier alpha value is -1.06. The molecule has 5 unspecified atom stereocenters. The molecule has 3 aliphatic rings. The Kier molecular flexibility index (Phi) is 2.25. The third-order valence-electron chi connectivity index (χ3n) is 4.58. The van der Waals surface area contributed by atoms with Crippen molar-refractivity contribution in [2.24, 2.45) is 17.3 Å². The summed E-state index contributed by atoms with van der Waals surface area (Å²) in [6, 6.07) is 0. The molecule has 5 atom stereocenters. The summed E-state index contributed by atoms with van der Waals surface area (Å²) in [4.78, 5) is 23.2. The number of esters is 2. The van der Waals surface area contributed by atoms with E-state index in [-0.39, 0.29) is 41.4 Å². The second kappa shape index (κ2) is 3.47. The van der Waals surface area contributed by atoms with E-state index in [1.165, 1.54) is 0 Å². The van der Waals surface area contributed by atoms with Crippen LogP contribution in [0.15, 0.2) is 0 Å². The van der Waals surface area contributed by atoms with Crippen molar-refractivity contribution < 1.29 is 19.1 Å². The van der Waals surface area contributed by atoms with Crippen molar-refractivity contribution in [3.05, 3.63) is 0 Å². The summed E-state index contributed by atoms with van der Waals surface area (Å²) >= 11 is 0. The Morgan fingerprint density at radius 3 is 3.00 bits per heavy atom. The van der Waals surface area contributed by atoms with Gasteiger partial charge in [-0.15, -0.1) is 0 Å². The zero-order valence-corrected chi connectivity index (χ0v) is 10.3. The van der Waals surface area contributed by atoms with Crippen molar-refractivity contribution in [3.63, 3.8) is 0 Å². The Labute approximate surface area is 101 Å². The van der Waals surface area contributed by atoms with Gasteiger partial charge >= 0.3 is 11.9 Å². The minimum absolute atomic E-state index is 0.0461. The predicted octanol–water partition coefficient (Wildman–Crippen LogP) is 1.67. The highest BCUT2D eigenvalue weighted by atomic mass is 16.6. The van der Waals surface area contributed by atoms with Gasteiger partial charge in [-0.2, -0.15) is 0 Å². The number of ether oxygens (including phenoxy) is 2. The van der Waals surface area contributed by atoms with Crippen LogP contribution in [0, 0.1) is 17.3 Å². The summed E-state index contributed by atoms with van der Waals surface area (Å²) in [5.74, 6) is 0.0987. The van der Waals surface area contributed by atoms with Crippen LogP contribution in [0.2, 0.25) is 0 Å². The molecule has 0 aromatic carbocycles. The van der Waals surface area contributed by atoms with Gasteiger partial charge in [0.1, 0.15) is 12.2 Å². The first-order chi connectivity index (χ1) is 8.05. The number of carbonyl (C=O) groups is 2. The Balaban J connectivity index is 1.78. The standard InChI is InChI=1S/C13H18O4/c1-3-4-9(14)16-11-10-7-5-13(11,2)6-8(7)12(15)17-10/h7-8,10-11H,3-6H2,1-2H3. The van der Waals surface area contributed by atoms with E-state index < -0.39 is 0 Å². The van der Waals surface area contributed by atoms with Gasteiger partial charge in [0.25, 0.3) is 0 Å². The van der Waals surface area contributed by atoms with Gasteiger partial charge in [0.15, 0.2) is 0 Å². The largest absolute Gasteiger partial charge is 0.458 e. The van der Waals surface area contributed by atoms with Gasteiger partial charge in [-0.1, -0.05) is 13.8 Å². The molecule has 3 rings (SSSR count). The molecule has 2 aliphatic carbocycles. The van der Waals surface area contributed by atoms with Crippen molar-refractivity contribution in [1.29, 1.82) is 0 Å². The van der Waals surface area contributed by atoms with Crippen molar-refractivity contribution >= 4 is 11.9 Å². The summed E-state index contributed by atoms with van der Waals surface area (Å²) in [5.41, 5.74) is -0.0461. The molecule has 1 aliphatic heterocycles. The molecule has 0 amide bonds. The molecule has 0 aromatic rings. The van der Waals surface area contributed by atoms with Crippen LogP contribution in [0.1, 0.15) is 39.5 Å². The zero-order chi connectivity index (χ0) is 12.2. The van der Waals surface area contributed by atoms with E-state index in [0.29, 0.717) is 6.42 Å². The van der Waals surface area contributed by atoms with E-state index in [9.17, 15) is 9.59 Å². The number of hydrogen-bond acceptors (Lipinski definition) is 4. The van der Waals surface area contributed by atoms with Gasteiger partial charge in [-0.25, -0.2) is 0 Å². The lowest BCUT2D eigenvalue weighted by atomic mass is 9.79. The molecular weight excluding hydrogens is 220 g/mol. The maximum atomic E-state index is 11.6. The minimum atomic E-state index is -0.214. The summed E-state index contributed by atoms with van der Waals surface area (Å²) < 4.78 is 10.9. The number of hydrogen-bond donors (Lipinski definition) is 0. The van der Waals surface area contributed by atoms with Crippen LogP contribution in [0.5, 0.6) is 0 Å². The third kappa shape index (κ3) is 1.42. The van der Waals surface area contributed by atoms with Crippen LogP contribution in [0.4, 0.5) is 0 Å². The van der Waals surface area contributed by atoms with Crippen LogP contribution in [-0.2, 0) is 19.1 Å². The molecule has 4 nitrogen and oxygen atoms in total. The SMILES string of the molecule is CCCC(=O)OC1C2OC(=O)C3CC1(C)CC32. The van der Waals surface area contributed by atoms with Crippen molar-refractivity contribution in [3.8, 4) is 0 Å². The van der Waals surface area contributed by atoms with E-state index in [4.69, 9.17) is 9.47 Å². The number of rotatable bonds is 3. The monoisotopic (exact) mass is 238 g/mol. The third-order valence-corrected chi connectivity index (χ3v) is 4.58. The summed E-state index contributed by atoms with van der Waals surface area (Å²) in [6.07, 6.45) is 2.62. The number of fused-ring (bicyclic) bond motifs is 1. The smallest absolute Gasteiger partial charge is 0.309 e. The zero-order valence-electron chi connectivity index (χ0n) is 10.3. The maximum Gasteiger partial charge on any atom is 0.309 e. The average molecular weight is 238 g/mol. The average Bonchev–Trinajstić information content (AvgIpc) is 2.79. The Morgan fingerprint density at radius 1 is 1.53 bits per heavy atom. The van der Waals surface area contributed by atoms with Crippen molar-refractivity contribution in [2.45, 2.75) is 51.7 Å². The molecule has 4 heteroatoms. The molecule has 0 N–H and O–H groups in total. The van der Waals surface area contributed by atoms with Gasteiger partial charge in [-0.3, -0.25) is 9.59 Å². The van der Waals surface area contributed by atoms with Gasteiger partial charge in [0, 0.05) is 17.8 Å². The van der Waals surface area contributed by atoms with E-state index in [0.717, 1.165) is 19.3 Å². The second-order valence-corrected chi connectivity index (χ2v) is 5.89. The topological polar surface area (TPSA) is 52.6 Å². The van der Waals surface area contributed by atoms with E-state index in [1.807, 2.05) is 6.92 Å². The van der Waals surface area contributed by atoms with Crippen LogP contribution in [0.3, 0.4) is 0 Å². The quantitative estimate of drug-likeness (QED) is 0.702. The predicted molar refractivity (Wildman–Crippen MR) is 59.0 cm³/mol. The first-order valence-corrected chi connectivity index (χ1v) is 6.45. The summed E-state index contributed by atoms with van der Waals surface area (Å²) in [7, 11) is 0. The lowest BCUT2D eigenvalue weighted by molar-refractivity contribution is -0.165. The molecule has 0 aromatic heterocycles. The van der Waals surface area contributed by atoms with Gasteiger partial charge in [0.2, 0.25) is 0 Å². The highest BCUT2D eigenvalue weighted by Crippen LogP contribution is 2.62. The molecule has 0 spiro atoms. The fourth-order valence-corrected chi connectivity index (χ4v) is 3.86. The van der Waals surface area contributed by atoms with Crippen LogP contribution < -0.4 is 0 Å².